The van der Waals surface area contributed by atoms with Gasteiger partial charge < -0.3 is 10.2 Å². The van der Waals surface area contributed by atoms with E-state index in [1.807, 2.05) is 60.2 Å². The Labute approximate surface area is 164 Å². The SMILES string of the molecule is CC(NC(=O)C1CCCN(c2ccc(-n3ccnc3)nn2)C1)c1ccccc1. The second-order valence-electron chi connectivity index (χ2n) is 7.15. The molecule has 2 unspecified atom stereocenters. The second-order valence-corrected chi connectivity index (χ2v) is 7.15. The number of rotatable bonds is 5. The van der Waals surface area contributed by atoms with Crippen molar-refractivity contribution >= 4 is 11.7 Å². The topological polar surface area (TPSA) is 75.9 Å². The van der Waals surface area contributed by atoms with Gasteiger partial charge in [0.05, 0.1) is 12.0 Å². The number of amides is 1. The van der Waals surface area contributed by atoms with Gasteiger partial charge in [-0.15, -0.1) is 10.2 Å². The van der Waals surface area contributed by atoms with Gasteiger partial charge in [-0.05, 0) is 37.5 Å². The fraction of sp³-hybridized carbons (Fsp3) is 0.333. The number of hydrogen-bond acceptors (Lipinski definition) is 5. The lowest BCUT2D eigenvalue weighted by Crippen LogP contribution is -2.44. The Morgan fingerprint density at radius 2 is 1.93 bits per heavy atom. The first-order valence-electron chi connectivity index (χ1n) is 9.63. The maximum atomic E-state index is 12.8. The first kappa shape index (κ1) is 18.2. The number of nitrogens with zero attached hydrogens (tertiary/aromatic N) is 5. The van der Waals surface area contributed by atoms with Crippen LogP contribution in [-0.4, -0.2) is 38.7 Å². The third-order valence-electron chi connectivity index (χ3n) is 5.18. The quantitative estimate of drug-likeness (QED) is 0.741. The highest BCUT2D eigenvalue weighted by atomic mass is 16.2. The van der Waals surface area contributed by atoms with Crippen molar-refractivity contribution in [3.8, 4) is 5.82 Å². The predicted octanol–water partition coefficient (Wildman–Crippen LogP) is 2.76. The third-order valence-corrected chi connectivity index (χ3v) is 5.18. The van der Waals surface area contributed by atoms with E-state index in [1.54, 1.807) is 12.5 Å². The van der Waals surface area contributed by atoms with Crippen LogP contribution in [0.1, 0.15) is 31.4 Å². The summed E-state index contributed by atoms with van der Waals surface area (Å²) >= 11 is 0. The minimum Gasteiger partial charge on any atom is -0.354 e. The van der Waals surface area contributed by atoms with Crippen molar-refractivity contribution in [3.05, 3.63) is 66.7 Å². The van der Waals surface area contributed by atoms with Crippen LogP contribution in [0.2, 0.25) is 0 Å². The Morgan fingerprint density at radius 3 is 2.64 bits per heavy atom. The molecule has 1 aliphatic rings. The summed E-state index contributed by atoms with van der Waals surface area (Å²) in [7, 11) is 0. The number of nitrogens with one attached hydrogen (secondary N) is 1. The molecule has 4 rings (SSSR count). The number of hydrogen-bond donors (Lipinski definition) is 1. The highest BCUT2D eigenvalue weighted by Crippen LogP contribution is 2.23. The Balaban J connectivity index is 1.39. The van der Waals surface area contributed by atoms with Gasteiger partial charge in [-0.3, -0.25) is 9.36 Å². The summed E-state index contributed by atoms with van der Waals surface area (Å²) in [5.74, 6) is 1.58. The van der Waals surface area contributed by atoms with E-state index in [9.17, 15) is 4.79 Å². The van der Waals surface area contributed by atoms with Gasteiger partial charge in [0.1, 0.15) is 6.33 Å². The van der Waals surface area contributed by atoms with E-state index >= 15 is 0 Å². The van der Waals surface area contributed by atoms with Gasteiger partial charge in [-0.1, -0.05) is 30.3 Å². The monoisotopic (exact) mass is 376 g/mol. The van der Waals surface area contributed by atoms with Crippen LogP contribution in [0.25, 0.3) is 5.82 Å². The standard InChI is InChI=1S/C21H24N6O/c1-16(17-6-3-2-4-7-17)23-21(28)18-8-5-12-26(14-18)19-9-10-20(25-24-19)27-13-11-22-15-27/h2-4,6-7,9-11,13,15-16,18H,5,8,12,14H2,1H3,(H,23,28). The maximum absolute atomic E-state index is 12.8. The Morgan fingerprint density at radius 1 is 1.14 bits per heavy atom. The molecular weight excluding hydrogens is 352 g/mol. The number of anilines is 1. The van der Waals surface area contributed by atoms with Crippen molar-refractivity contribution in [3.63, 3.8) is 0 Å². The average Bonchev–Trinajstić information content (AvgIpc) is 3.29. The van der Waals surface area contributed by atoms with Crippen LogP contribution in [0, 0.1) is 5.92 Å². The highest BCUT2D eigenvalue weighted by molar-refractivity contribution is 5.80. The minimum absolute atomic E-state index is 0.00154. The summed E-state index contributed by atoms with van der Waals surface area (Å²) in [6, 6.07) is 13.9. The summed E-state index contributed by atoms with van der Waals surface area (Å²) in [5.41, 5.74) is 1.12. The minimum atomic E-state index is -0.0463. The van der Waals surface area contributed by atoms with Crippen LogP contribution in [0.4, 0.5) is 5.82 Å². The van der Waals surface area contributed by atoms with E-state index in [0.29, 0.717) is 6.54 Å². The Bertz CT molecular complexity index is 894. The van der Waals surface area contributed by atoms with Crippen molar-refractivity contribution in [1.82, 2.24) is 25.1 Å². The van der Waals surface area contributed by atoms with Gasteiger partial charge in [0.15, 0.2) is 11.6 Å². The molecule has 7 heteroatoms. The molecule has 1 fully saturated rings. The summed E-state index contributed by atoms with van der Waals surface area (Å²) in [5, 5.41) is 11.8. The molecule has 7 nitrogen and oxygen atoms in total. The van der Waals surface area contributed by atoms with Gasteiger partial charge >= 0.3 is 0 Å². The van der Waals surface area contributed by atoms with Crippen molar-refractivity contribution < 1.29 is 4.79 Å². The van der Waals surface area contributed by atoms with Crippen molar-refractivity contribution in [1.29, 1.82) is 0 Å². The predicted molar refractivity (Wildman–Crippen MR) is 107 cm³/mol. The lowest BCUT2D eigenvalue weighted by molar-refractivity contribution is -0.125. The largest absolute Gasteiger partial charge is 0.354 e. The molecule has 1 aromatic carbocycles. The molecule has 1 amide bonds. The fourth-order valence-electron chi connectivity index (χ4n) is 3.57. The fourth-order valence-corrected chi connectivity index (χ4v) is 3.57. The second kappa shape index (κ2) is 8.21. The van der Waals surface area contributed by atoms with E-state index in [2.05, 4.69) is 25.4 Å². The zero-order valence-electron chi connectivity index (χ0n) is 15.9. The Kier molecular flexibility index (Phi) is 5.32. The molecule has 2 atom stereocenters. The number of benzene rings is 1. The molecule has 2 aromatic heterocycles. The highest BCUT2D eigenvalue weighted by Gasteiger charge is 2.27. The molecule has 1 aliphatic heterocycles. The lowest BCUT2D eigenvalue weighted by Gasteiger charge is -2.33. The lowest BCUT2D eigenvalue weighted by atomic mass is 9.96. The van der Waals surface area contributed by atoms with Crippen molar-refractivity contribution in [2.75, 3.05) is 18.0 Å². The molecule has 1 N–H and O–H groups in total. The zero-order valence-corrected chi connectivity index (χ0v) is 15.9. The van der Waals surface area contributed by atoms with Gasteiger partial charge in [-0.2, -0.15) is 0 Å². The molecule has 3 heterocycles. The van der Waals surface area contributed by atoms with Crippen molar-refractivity contribution in [2.45, 2.75) is 25.8 Å². The average molecular weight is 376 g/mol. The molecule has 1 saturated heterocycles. The van der Waals surface area contributed by atoms with E-state index in [1.165, 1.54) is 0 Å². The Hall–Kier alpha value is -3.22. The molecule has 0 radical (unpaired) electrons. The summed E-state index contributed by atoms with van der Waals surface area (Å²) in [4.78, 5) is 19.0. The molecule has 3 aromatic rings. The van der Waals surface area contributed by atoms with E-state index < -0.39 is 0 Å². The van der Waals surface area contributed by atoms with Crippen LogP contribution in [-0.2, 0) is 4.79 Å². The summed E-state index contributed by atoms with van der Waals surface area (Å²) < 4.78 is 1.81. The molecule has 0 spiro atoms. The maximum Gasteiger partial charge on any atom is 0.225 e. The van der Waals surface area contributed by atoms with Crippen molar-refractivity contribution in [2.24, 2.45) is 5.92 Å². The summed E-state index contributed by atoms with van der Waals surface area (Å²) in [6.45, 7) is 3.57. The van der Waals surface area contributed by atoms with Gasteiger partial charge in [-0.25, -0.2) is 4.98 Å². The molecule has 0 saturated carbocycles. The molecular formula is C21H24N6O. The van der Waals surface area contributed by atoms with Crippen LogP contribution >= 0.6 is 0 Å². The molecule has 28 heavy (non-hydrogen) atoms. The van der Waals surface area contributed by atoms with Gasteiger partial charge in [0.25, 0.3) is 0 Å². The number of piperidine rings is 1. The smallest absolute Gasteiger partial charge is 0.225 e. The third kappa shape index (κ3) is 4.03. The first-order chi connectivity index (χ1) is 13.7. The number of carbonyl (C=O) groups is 1. The number of aromatic nitrogens is 4. The summed E-state index contributed by atoms with van der Waals surface area (Å²) in [6.07, 6.45) is 7.09. The molecule has 0 bridgehead atoms. The van der Waals surface area contributed by atoms with E-state index in [-0.39, 0.29) is 17.9 Å². The van der Waals surface area contributed by atoms with Crippen LogP contribution in [0.3, 0.4) is 0 Å². The van der Waals surface area contributed by atoms with E-state index in [4.69, 9.17) is 0 Å². The molecule has 144 valence electrons. The van der Waals surface area contributed by atoms with Crippen LogP contribution in [0.15, 0.2) is 61.2 Å². The van der Waals surface area contributed by atoms with E-state index in [0.717, 1.165) is 36.6 Å². The van der Waals surface area contributed by atoms with Crippen LogP contribution in [0.5, 0.6) is 0 Å². The van der Waals surface area contributed by atoms with Crippen LogP contribution < -0.4 is 10.2 Å². The number of imidazole rings is 1. The zero-order chi connectivity index (χ0) is 19.3. The normalized spacial score (nSPS) is 17.9. The first-order valence-corrected chi connectivity index (χ1v) is 9.63. The molecule has 0 aliphatic carbocycles. The number of carbonyl (C=O) groups excluding carboxylic acids is 1. The van der Waals surface area contributed by atoms with Gasteiger partial charge in [0, 0.05) is 25.5 Å². The van der Waals surface area contributed by atoms with Gasteiger partial charge in [0.2, 0.25) is 5.91 Å².